The Morgan fingerprint density at radius 3 is 2.24 bits per heavy atom. The van der Waals surface area contributed by atoms with E-state index in [1.165, 1.54) is 12.1 Å². The molecule has 4 N–H and O–H groups in total. The average molecular weight is 433 g/mol. The molecule has 1 aromatic rings. The normalized spacial score (nSPS) is 13.9. The van der Waals surface area contributed by atoms with Crippen molar-refractivity contribution in [1.29, 1.82) is 0 Å². The summed E-state index contributed by atoms with van der Waals surface area (Å²) in [6.45, 7) is 5.97. The molecule has 0 aliphatic rings. The molecule has 1 rings (SSSR count). The van der Waals surface area contributed by atoms with Gasteiger partial charge in [0.25, 0.3) is 0 Å². The molecule has 25 heavy (non-hydrogen) atoms. The van der Waals surface area contributed by atoms with Gasteiger partial charge < -0.3 is 11.1 Å². The van der Waals surface area contributed by atoms with Crippen molar-refractivity contribution in [3.63, 3.8) is 0 Å². The monoisotopic (exact) mass is 431 g/mol. The van der Waals surface area contributed by atoms with Crippen LogP contribution in [0, 0.1) is 5.92 Å². The molecule has 0 aliphatic carbocycles. The Hall–Kier alpha value is -0.570. The minimum atomic E-state index is -3.90. The molecule has 0 bridgehead atoms. The van der Waals surface area contributed by atoms with E-state index < -0.39 is 15.6 Å². The van der Waals surface area contributed by atoms with Gasteiger partial charge in [-0.2, -0.15) is 0 Å². The standard InChI is InChI=1S/C15H23Cl2N3O3S.ClH/c1-10(2)15(3,9-18)20-13(21)7-8-19-24(22,23)14-11(16)5-4-6-12(14)17;/h4-6,10,19H,7-9,18H2,1-3H3,(H,20,21);1H. The maximum absolute atomic E-state index is 12.3. The lowest BCUT2D eigenvalue weighted by atomic mass is 9.88. The van der Waals surface area contributed by atoms with Crippen molar-refractivity contribution >= 4 is 51.5 Å². The Bertz CT molecular complexity index is 678. The van der Waals surface area contributed by atoms with Crippen LogP contribution in [0.15, 0.2) is 23.1 Å². The minimum absolute atomic E-state index is 0. The summed E-state index contributed by atoms with van der Waals surface area (Å²) in [5.41, 5.74) is 5.17. The third kappa shape index (κ3) is 6.58. The van der Waals surface area contributed by atoms with Crippen LogP contribution < -0.4 is 15.8 Å². The molecule has 1 amide bonds. The molecule has 0 spiro atoms. The first-order valence-corrected chi connectivity index (χ1v) is 9.72. The molecule has 6 nitrogen and oxygen atoms in total. The van der Waals surface area contributed by atoms with E-state index in [9.17, 15) is 13.2 Å². The molecule has 1 atom stereocenters. The lowest BCUT2D eigenvalue weighted by Crippen LogP contribution is -2.55. The van der Waals surface area contributed by atoms with E-state index in [0.29, 0.717) is 0 Å². The molecule has 1 aromatic carbocycles. The fourth-order valence-corrected chi connectivity index (χ4v) is 4.09. The molecule has 1 unspecified atom stereocenters. The lowest BCUT2D eigenvalue weighted by Gasteiger charge is -2.33. The summed E-state index contributed by atoms with van der Waals surface area (Å²) >= 11 is 11.8. The molecule has 0 saturated carbocycles. The Morgan fingerprint density at radius 2 is 1.80 bits per heavy atom. The van der Waals surface area contributed by atoms with Gasteiger partial charge in [-0.1, -0.05) is 43.1 Å². The van der Waals surface area contributed by atoms with Crippen LogP contribution in [0.4, 0.5) is 0 Å². The highest BCUT2D eigenvalue weighted by Crippen LogP contribution is 2.28. The summed E-state index contributed by atoms with van der Waals surface area (Å²) in [5.74, 6) is -0.144. The van der Waals surface area contributed by atoms with E-state index in [1.807, 2.05) is 20.8 Å². The fraction of sp³-hybridized carbons (Fsp3) is 0.533. The largest absolute Gasteiger partial charge is 0.349 e. The van der Waals surface area contributed by atoms with Crippen molar-refractivity contribution in [1.82, 2.24) is 10.0 Å². The number of hydrogen-bond acceptors (Lipinski definition) is 4. The molecule has 0 aromatic heterocycles. The van der Waals surface area contributed by atoms with Crippen molar-refractivity contribution in [3.05, 3.63) is 28.2 Å². The van der Waals surface area contributed by atoms with Gasteiger partial charge in [-0.05, 0) is 25.0 Å². The molecular formula is C15H24Cl3N3O3S. The summed E-state index contributed by atoms with van der Waals surface area (Å²) in [7, 11) is -3.90. The van der Waals surface area contributed by atoms with Gasteiger partial charge in [-0.3, -0.25) is 4.79 Å². The van der Waals surface area contributed by atoms with E-state index in [4.69, 9.17) is 28.9 Å². The minimum Gasteiger partial charge on any atom is -0.349 e. The number of benzene rings is 1. The Morgan fingerprint density at radius 1 is 1.28 bits per heavy atom. The molecule has 0 heterocycles. The third-order valence-corrected chi connectivity index (χ3v) is 6.37. The number of rotatable bonds is 8. The van der Waals surface area contributed by atoms with E-state index >= 15 is 0 Å². The van der Waals surface area contributed by atoms with Crippen LogP contribution in [0.1, 0.15) is 27.2 Å². The van der Waals surface area contributed by atoms with Crippen molar-refractivity contribution in [2.45, 2.75) is 37.6 Å². The number of nitrogens with one attached hydrogen (secondary N) is 2. The van der Waals surface area contributed by atoms with Gasteiger partial charge in [-0.25, -0.2) is 13.1 Å². The quantitative estimate of drug-likeness (QED) is 0.587. The first-order valence-electron chi connectivity index (χ1n) is 7.48. The summed E-state index contributed by atoms with van der Waals surface area (Å²) in [4.78, 5) is 11.8. The van der Waals surface area contributed by atoms with Crippen LogP contribution in [0.2, 0.25) is 10.0 Å². The highest BCUT2D eigenvalue weighted by atomic mass is 35.5. The molecule has 0 saturated heterocycles. The Labute approximate surface area is 165 Å². The highest BCUT2D eigenvalue weighted by molar-refractivity contribution is 7.89. The van der Waals surface area contributed by atoms with Crippen molar-refractivity contribution in [3.8, 4) is 0 Å². The molecular weight excluding hydrogens is 409 g/mol. The van der Waals surface area contributed by atoms with Crippen LogP contribution in [-0.2, 0) is 14.8 Å². The number of halogens is 3. The molecule has 0 radical (unpaired) electrons. The fourth-order valence-electron chi connectivity index (χ4n) is 1.92. The topological polar surface area (TPSA) is 101 Å². The van der Waals surface area contributed by atoms with Gasteiger partial charge >= 0.3 is 0 Å². The van der Waals surface area contributed by atoms with Gasteiger partial charge in [0, 0.05) is 19.5 Å². The predicted molar refractivity (Wildman–Crippen MR) is 104 cm³/mol. The molecule has 0 aliphatic heterocycles. The van der Waals surface area contributed by atoms with Crippen LogP contribution in [-0.4, -0.2) is 33.0 Å². The molecule has 144 valence electrons. The van der Waals surface area contributed by atoms with E-state index in [-0.39, 0.29) is 58.7 Å². The number of carbonyl (C=O) groups excluding carboxylic acids is 1. The Balaban J connectivity index is 0.00000576. The first kappa shape index (κ1) is 24.4. The number of hydrogen-bond donors (Lipinski definition) is 3. The summed E-state index contributed by atoms with van der Waals surface area (Å²) in [6, 6.07) is 4.42. The molecule has 0 fully saturated rings. The number of amides is 1. The SMILES string of the molecule is CC(C)C(C)(CN)NC(=O)CCNS(=O)(=O)c1c(Cl)cccc1Cl.Cl. The van der Waals surface area contributed by atoms with Gasteiger partial charge in [0.05, 0.1) is 15.6 Å². The van der Waals surface area contributed by atoms with Gasteiger partial charge in [0.1, 0.15) is 4.90 Å². The smallest absolute Gasteiger partial charge is 0.243 e. The summed E-state index contributed by atoms with van der Waals surface area (Å²) in [5, 5.41) is 2.89. The van der Waals surface area contributed by atoms with Crippen LogP contribution in [0.25, 0.3) is 0 Å². The maximum Gasteiger partial charge on any atom is 0.243 e. The zero-order chi connectivity index (χ0) is 18.5. The Kier molecular flexibility index (Phi) is 9.72. The van der Waals surface area contributed by atoms with E-state index in [1.54, 1.807) is 6.07 Å². The number of sulfonamides is 1. The van der Waals surface area contributed by atoms with E-state index in [2.05, 4.69) is 10.0 Å². The second-order valence-corrected chi connectivity index (χ2v) is 8.54. The lowest BCUT2D eigenvalue weighted by molar-refractivity contribution is -0.123. The van der Waals surface area contributed by atoms with Crippen molar-refractivity contribution in [2.24, 2.45) is 11.7 Å². The highest BCUT2D eigenvalue weighted by Gasteiger charge is 2.28. The zero-order valence-electron chi connectivity index (χ0n) is 14.3. The van der Waals surface area contributed by atoms with Crippen LogP contribution >= 0.6 is 35.6 Å². The average Bonchev–Trinajstić information content (AvgIpc) is 2.46. The van der Waals surface area contributed by atoms with Gasteiger partial charge in [0.15, 0.2) is 0 Å². The second kappa shape index (κ2) is 9.94. The molecule has 10 heteroatoms. The van der Waals surface area contributed by atoms with Crippen molar-refractivity contribution < 1.29 is 13.2 Å². The number of nitrogens with two attached hydrogens (primary N) is 1. The first-order chi connectivity index (χ1) is 11.0. The van der Waals surface area contributed by atoms with Gasteiger partial charge in [-0.15, -0.1) is 12.4 Å². The number of carbonyl (C=O) groups is 1. The summed E-state index contributed by atoms with van der Waals surface area (Å²) < 4.78 is 26.9. The third-order valence-electron chi connectivity index (χ3n) is 3.96. The van der Waals surface area contributed by atoms with E-state index in [0.717, 1.165) is 0 Å². The maximum atomic E-state index is 12.3. The predicted octanol–water partition coefficient (Wildman–Crippen LogP) is 2.57. The van der Waals surface area contributed by atoms with Gasteiger partial charge in [0.2, 0.25) is 15.9 Å². The zero-order valence-corrected chi connectivity index (χ0v) is 17.5. The van der Waals surface area contributed by atoms with Crippen LogP contribution in [0.3, 0.4) is 0 Å². The van der Waals surface area contributed by atoms with Crippen molar-refractivity contribution in [2.75, 3.05) is 13.1 Å². The van der Waals surface area contributed by atoms with Crippen LogP contribution in [0.5, 0.6) is 0 Å². The summed E-state index contributed by atoms with van der Waals surface area (Å²) in [6.07, 6.45) is -0.0242. The second-order valence-electron chi connectivity index (χ2n) is 6.02.